The van der Waals surface area contributed by atoms with E-state index in [0.29, 0.717) is 6.42 Å². The average Bonchev–Trinajstić information content (AvgIpc) is 2.85. The lowest BCUT2D eigenvalue weighted by Gasteiger charge is -2.13. The van der Waals surface area contributed by atoms with Gasteiger partial charge in [-0.15, -0.1) is 0 Å². The van der Waals surface area contributed by atoms with Gasteiger partial charge < -0.3 is 0 Å². The quantitative estimate of drug-likeness (QED) is 0.872. The number of rotatable bonds is 5. The van der Waals surface area contributed by atoms with Crippen molar-refractivity contribution >= 4 is 10.0 Å². The molecule has 0 aliphatic heterocycles. The Morgan fingerprint density at radius 1 is 1.37 bits per heavy atom. The first-order valence-electron chi connectivity index (χ1n) is 5.73. The van der Waals surface area contributed by atoms with E-state index in [1.165, 1.54) is 24.5 Å². The van der Waals surface area contributed by atoms with Gasteiger partial charge in [-0.25, -0.2) is 17.5 Å². The molecule has 7 heteroatoms. The summed E-state index contributed by atoms with van der Waals surface area (Å²) in [4.78, 5) is 0.0958. The average molecular weight is 283 g/mol. The highest BCUT2D eigenvalue weighted by molar-refractivity contribution is 7.89. The Morgan fingerprint density at radius 3 is 2.63 bits per heavy atom. The van der Waals surface area contributed by atoms with E-state index in [-0.39, 0.29) is 16.8 Å². The van der Waals surface area contributed by atoms with Crippen molar-refractivity contribution in [3.63, 3.8) is 0 Å². The number of halogens is 1. The van der Waals surface area contributed by atoms with Gasteiger partial charge in [0.25, 0.3) is 0 Å². The molecule has 1 atom stereocenters. The lowest BCUT2D eigenvalue weighted by atomic mass is 10.1. The summed E-state index contributed by atoms with van der Waals surface area (Å²) in [6.07, 6.45) is 3.04. The second kappa shape index (κ2) is 5.50. The summed E-state index contributed by atoms with van der Waals surface area (Å²) in [5, 5.41) is 6.06. The van der Waals surface area contributed by atoms with E-state index in [1.54, 1.807) is 19.1 Å². The first-order valence-corrected chi connectivity index (χ1v) is 7.21. The molecule has 0 aliphatic carbocycles. The fourth-order valence-electron chi connectivity index (χ4n) is 1.73. The van der Waals surface area contributed by atoms with Gasteiger partial charge in [0, 0.05) is 12.2 Å². The van der Waals surface area contributed by atoms with E-state index in [2.05, 4.69) is 14.9 Å². The maximum absolute atomic E-state index is 12.8. The second-order valence-electron chi connectivity index (χ2n) is 4.29. The van der Waals surface area contributed by atoms with Gasteiger partial charge in [0.1, 0.15) is 10.7 Å². The Bertz CT molecular complexity index is 624. The highest BCUT2D eigenvalue weighted by Crippen LogP contribution is 2.09. The second-order valence-corrected chi connectivity index (χ2v) is 6.00. The predicted octanol–water partition coefficient (Wildman–Crippen LogP) is 1.46. The Hall–Kier alpha value is -1.73. The topological polar surface area (TPSA) is 74.8 Å². The van der Waals surface area contributed by atoms with Crippen LogP contribution in [-0.2, 0) is 16.4 Å². The Kier molecular flexibility index (Phi) is 3.96. The summed E-state index contributed by atoms with van der Waals surface area (Å²) in [6, 6.07) is 5.68. The SMILES string of the molecule is CC(Cc1ccc(F)cc1)NS(=O)(=O)c1cn[nH]c1. The van der Waals surface area contributed by atoms with Crippen molar-refractivity contribution in [1.82, 2.24) is 14.9 Å². The molecule has 0 aliphatic rings. The number of nitrogens with one attached hydrogen (secondary N) is 2. The van der Waals surface area contributed by atoms with Crippen molar-refractivity contribution < 1.29 is 12.8 Å². The van der Waals surface area contributed by atoms with Gasteiger partial charge >= 0.3 is 0 Å². The van der Waals surface area contributed by atoms with Gasteiger partial charge in [-0.05, 0) is 31.0 Å². The van der Waals surface area contributed by atoms with Gasteiger partial charge in [-0.2, -0.15) is 5.10 Å². The predicted molar refractivity (Wildman–Crippen MR) is 68.5 cm³/mol. The van der Waals surface area contributed by atoms with Crippen LogP contribution in [0.3, 0.4) is 0 Å². The lowest BCUT2D eigenvalue weighted by Crippen LogP contribution is -2.33. The molecule has 102 valence electrons. The molecule has 1 unspecified atom stereocenters. The molecule has 5 nitrogen and oxygen atoms in total. The van der Waals surface area contributed by atoms with Crippen molar-refractivity contribution in [2.24, 2.45) is 0 Å². The zero-order valence-corrected chi connectivity index (χ0v) is 11.1. The fourth-order valence-corrected chi connectivity index (χ4v) is 2.88. The summed E-state index contributed by atoms with van der Waals surface area (Å²) in [5.41, 5.74) is 0.865. The minimum absolute atomic E-state index is 0.0958. The Balaban J connectivity index is 2.02. The zero-order valence-electron chi connectivity index (χ0n) is 10.3. The maximum Gasteiger partial charge on any atom is 0.243 e. The fraction of sp³-hybridized carbons (Fsp3) is 0.250. The Morgan fingerprint density at radius 2 is 2.05 bits per heavy atom. The molecule has 2 N–H and O–H groups in total. The third kappa shape index (κ3) is 3.62. The van der Waals surface area contributed by atoms with Crippen LogP contribution in [0, 0.1) is 5.82 Å². The molecule has 2 rings (SSSR count). The van der Waals surface area contributed by atoms with Gasteiger partial charge in [0.05, 0.1) is 6.20 Å². The largest absolute Gasteiger partial charge is 0.284 e. The number of hydrogen-bond acceptors (Lipinski definition) is 3. The van der Waals surface area contributed by atoms with Crippen molar-refractivity contribution in [3.05, 3.63) is 48.0 Å². The number of benzene rings is 1. The normalized spacial score (nSPS) is 13.4. The van der Waals surface area contributed by atoms with Crippen molar-refractivity contribution in [2.75, 3.05) is 0 Å². The summed E-state index contributed by atoms with van der Waals surface area (Å²) >= 11 is 0. The molecule has 1 aromatic carbocycles. The summed E-state index contributed by atoms with van der Waals surface area (Å²) in [7, 11) is -3.56. The standard InChI is InChI=1S/C12H14FN3O2S/c1-9(6-10-2-4-11(13)5-3-10)16-19(17,18)12-7-14-15-8-12/h2-5,7-9,16H,6H2,1H3,(H,14,15). The molecule has 0 amide bonds. The van der Waals surface area contributed by atoms with Crippen molar-refractivity contribution in [2.45, 2.75) is 24.3 Å². The molecule has 0 spiro atoms. The molecule has 0 saturated carbocycles. The Labute approximate surface area is 110 Å². The van der Waals surface area contributed by atoms with Gasteiger partial charge in [-0.1, -0.05) is 12.1 Å². The minimum Gasteiger partial charge on any atom is -0.284 e. The maximum atomic E-state index is 12.8. The molecule has 0 saturated heterocycles. The van der Waals surface area contributed by atoms with E-state index in [4.69, 9.17) is 0 Å². The van der Waals surface area contributed by atoms with Crippen molar-refractivity contribution in [1.29, 1.82) is 0 Å². The highest BCUT2D eigenvalue weighted by Gasteiger charge is 2.18. The first-order chi connectivity index (χ1) is 8.97. The molecule has 1 heterocycles. The van der Waals surface area contributed by atoms with Gasteiger partial charge in [-0.3, -0.25) is 5.10 Å². The third-order valence-electron chi connectivity index (χ3n) is 2.59. The number of sulfonamides is 1. The van der Waals surface area contributed by atoms with Crippen LogP contribution in [0.15, 0.2) is 41.6 Å². The van der Waals surface area contributed by atoms with Crippen LogP contribution in [0.5, 0.6) is 0 Å². The van der Waals surface area contributed by atoms with E-state index < -0.39 is 10.0 Å². The van der Waals surface area contributed by atoms with Crippen LogP contribution in [0.2, 0.25) is 0 Å². The summed E-state index contributed by atoms with van der Waals surface area (Å²) < 4.78 is 39.1. The smallest absolute Gasteiger partial charge is 0.243 e. The third-order valence-corrected chi connectivity index (χ3v) is 4.15. The number of aromatic amines is 1. The van der Waals surface area contributed by atoms with Crippen LogP contribution in [0.4, 0.5) is 4.39 Å². The van der Waals surface area contributed by atoms with Gasteiger partial charge in [0.2, 0.25) is 10.0 Å². The highest BCUT2D eigenvalue weighted by atomic mass is 32.2. The summed E-state index contributed by atoms with van der Waals surface area (Å²) in [6.45, 7) is 1.75. The molecule has 1 aromatic heterocycles. The number of nitrogens with zero attached hydrogens (tertiary/aromatic N) is 1. The number of aromatic nitrogens is 2. The lowest BCUT2D eigenvalue weighted by molar-refractivity contribution is 0.559. The van der Waals surface area contributed by atoms with Crippen molar-refractivity contribution in [3.8, 4) is 0 Å². The molecular weight excluding hydrogens is 269 g/mol. The van der Waals surface area contributed by atoms with E-state index in [9.17, 15) is 12.8 Å². The van der Waals surface area contributed by atoms with Gasteiger partial charge in [0.15, 0.2) is 0 Å². The van der Waals surface area contributed by atoms with Crippen LogP contribution < -0.4 is 4.72 Å². The first kappa shape index (κ1) is 13.7. The number of hydrogen-bond donors (Lipinski definition) is 2. The van der Waals surface area contributed by atoms with Crippen LogP contribution in [0.25, 0.3) is 0 Å². The minimum atomic E-state index is -3.56. The molecule has 0 radical (unpaired) electrons. The van der Waals surface area contributed by atoms with Crippen LogP contribution in [0.1, 0.15) is 12.5 Å². The number of H-pyrrole nitrogens is 1. The summed E-state index contributed by atoms with van der Waals surface area (Å²) in [5.74, 6) is -0.310. The molecule has 0 fully saturated rings. The monoisotopic (exact) mass is 283 g/mol. The van der Waals surface area contributed by atoms with E-state index in [0.717, 1.165) is 5.56 Å². The van der Waals surface area contributed by atoms with E-state index >= 15 is 0 Å². The van der Waals surface area contributed by atoms with E-state index in [1.807, 2.05) is 0 Å². The van der Waals surface area contributed by atoms with Crippen LogP contribution >= 0.6 is 0 Å². The van der Waals surface area contributed by atoms with Crippen LogP contribution in [-0.4, -0.2) is 24.7 Å². The molecular formula is C12H14FN3O2S. The molecule has 19 heavy (non-hydrogen) atoms. The molecule has 0 bridgehead atoms. The molecule has 2 aromatic rings. The zero-order chi connectivity index (χ0) is 13.9.